The molecule has 0 heterocycles. The van der Waals surface area contributed by atoms with Gasteiger partial charge in [0.15, 0.2) is 0 Å². The largest absolute Gasteiger partial charge is 0.748 e. The Hall–Kier alpha value is 0.0795. The summed E-state index contributed by atoms with van der Waals surface area (Å²) in [7, 11) is 2.84. The van der Waals surface area contributed by atoms with Gasteiger partial charge in [-0.15, -0.1) is 22.7 Å². The molecule has 3 heteroatoms. The molecule has 0 aliphatic carbocycles. The molecule has 0 saturated heterocycles. The van der Waals surface area contributed by atoms with Gasteiger partial charge in [0.2, 0.25) is 0 Å². The van der Waals surface area contributed by atoms with Crippen molar-refractivity contribution >= 4 is 17.2 Å². The van der Waals surface area contributed by atoms with Crippen LogP contribution in [-0.4, -0.2) is 10.3 Å². The van der Waals surface area contributed by atoms with Gasteiger partial charge in [-0.2, -0.15) is 16.7 Å². The van der Waals surface area contributed by atoms with Crippen molar-refractivity contribution in [1.82, 2.24) is 0 Å². The molecule has 184 valence electrons. The maximum atomic E-state index is 2.98. The van der Waals surface area contributed by atoms with Crippen LogP contribution in [0.25, 0.3) is 0 Å². The van der Waals surface area contributed by atoms with Crippen molar-refractivity contribution in [2.24, 2.45) is 0 Å². The van der Waals surface area contributed by atoms with E-state index < -0.39 is 0 Å². The molecule has 0 aliphatic rings. The molecule has 0 bridgehead atoms. The molecule has 2 rings (SSSR count). The molecule has 0 amide bonds. The van der Waals surface area contributed by atoms with Crippen molar-refractivity contribution in [3.63, 3.8) is 0 Å². The third kappa shape index (κ3) is 9.09. The van der Waals surface area contributed by atoms with Crippen LogP contribution in [0, 0.1) is 0 Å². The molecule has 31 heavy (non-hydrogen) atoms. The van der Waals surface area contributed by atoms with E-state index in [0.29, 0.717) is 10.3 Å². The van der Waals surface area contributed by atoms with Crippen molar-refractivity contribution < 1.29 is 17.1 Å². The Morgan fingerprint density at radius 1 is 0.742 bits per heavy atom. The van der Waals surface area contributed by atoms with Gasteiger partial charge >= 0.3 is 0 Å². The third-order valence-electron chi connectivity index (χ3n) is 5.55. The molecule has 2 aromatic rings. The summed E-state index contributed by atoms with van der Waals surface area (Å²) < 4.78 is 0. The van der Waals surface area contributed by atoms with Gasteiger partial charge in [0.25, 0.3) is 0 Å². The molecule has 0 aliphatic heterocycles. The Morgan fingerprint density at radius 2 is 1.13 bits per heavy atom. The normalized spacial score (nSPS) is 13.0. The van der Waals surface area contributed by atoms with E-state index in [4.69, 9.17) is 0 Å². The van der Waals surface area contributed by atoms with Crippen molar-refractivity contribution in [2.45, 2.75) is 117 Å². The Kier molecular flexibility index (Phi) is 11.5. The fourth-order valence-electron chi connectivity index (χ4n) is 4.43. The zero-order valence-electron chi connectivity index (χ0n) is 22.3. The van der Waals surface area contributed by atoms with Crippen LogP contribution in [0.2, 0.25) is 0 Å². The Balaban J connectivity index is 0.00000131. The molecule has 0 saturated carbocycles. The molecule has 2 aromatic carbocycles. The predicted octanol–water partition coefficient (Wildman–Crippen LogP) is 9.36. The molecule has 0 fully saturated rings. The molecular weight excluding hydrogens is 454 g/mol. The summed E-state index contributed by atoms with van der Waals surface area (Å²) in [6.45, 7) is 28.9. The molecule has 0 N–H and O–H groups in total. The Morgan fingerprint density at radius 3 is 1.39 bits per heavy atom. The van der Waals surface area contributed by atoms with Gasteiger partial charge in [0, 0.05) is 17.1 Å². The summed E-state index contributed by atoms with van der Waals surface area (Å²) in [6.07, 6.45) is 2.31. The third-order valence-corrected chi connectivity index (χ3v) is 9.86. The van der Waals surface area contributed by atoms with Gasteiger partial charge in [0.1, 0.15) is 0 Å². The zero-order chi connectivity index (χ0) is 23.5. The van der Waals surface area contributed by atoms with Crippen LogP contribution in [0.3, 0.4) is 0 Å². The van der Waals surface area contributed by atoms with E-state index >= 15 is 0 Å². The first-order valence-corrected chi connectivity index (χ1v) is 13.7. The summed E-state index contributed by atoms with van der Waals surface area (Å²) in [6, 6.07) is 12.5. The van der Waals surface area contributed by atoms with E-state index in [-0.39, 0.29) is 35.8 Å². The topological polar surface area (TPSA) is 0 Å². The van der Waals surface area contributed by atoms with Crippen LogP contribution < -0.4 is 0 Å². The van der Waals surface area contributed by atoms with E-state index in [1.54, 1.807) is 22.3 Å². The van der Waals surface area contributed by atoms with Gasteiger partial charge < -0.3 is 30.3 Å². The second-order valence-electron chi connectivity index (χ2n) is 12.5. The minimum Gasteiger partial charge on any atom is -0.748 e. The number of rotatable bonds is 3. The van der Waals surface area contributed by atoms with Crippen molar-refractivity contribution in [3.05, 3.63) is 58.7 Å². The summed E-state index contributed by atoms with van der Waals surface area (Å²) in [5, 5.41) is 0.722. The second-order valence-corrected chi connectivity index (χ2v) is 16.8. The number of hydrogen-bond donors (Lipinski definition) is 0. The van der Waals surface area contributed by atoms with Crippen LogP contribution in [-0.2, 0) is 40.2 Å². The summed E-state index contributed by atoms with van der Waals surface area (Å²) in [5.41, 5.74) is 6.78. The van der Waals surface area contributed by atoms with Crippen molar-refractivity contribution in [1.29, 1.82) is 0 Å². The summed E-state index contributed by atoms with van der Waals surface area (Å²) in [5.74, 6) is 0. The SMILES string of the molecule is CC(C)(C)c1cc(CP)[c-](CP(C(C)(C)C)C(C)(C)C)c1C(C)(C)C.[Fe].[cH-]1[cH-][cH-][cH-][cH-]1. The van der Waals surface area contributed by atoms with E-state index in [1.807, 2.05) is 30.3 Å². The average Bonchev–Trinajstić information content (AvgIpc) is 3.19. The molecule has 0 aromatic heterocycles. The minimum absolute atomic E-state index is 0. The first-order chi connectivity index (χ1) is 13.4. The van der Waals surface area contributed by atoms with E-state index in [9.17, 15) is 0 Å². The van der Waals surface area contributed by atoms with E-state index in [0.717, 1.165) is 6.16 Å². The van der Waals surface area contributed by atoms with Crippen LogP contribution >= 0.6 is 17.2 Å². The van der Waals surface area contributed by atoms with E-state index in [2.05, 4.69) is 98.4 Å². The first kappa shape index (κ1) is 31.1. The fraction of sp³-hybridized carbons (Fsp3) is 0.643. The Labute approximate surface area is 208 Å². The van der Waals surface area contributed by atoms with E-state index in [1.165, 1.54) is 6.16 Å². The standard InChI is InChI=1S/C23H43P2.C5H5.Fe/c1-20(2,3)18-13-16(14-24)17(19(18)21(4,5)6)15-25(22(7,8)9)23(10,11)12;1-2-4-5-3-1;/h13H,14-15,24H2,1-12H3;1-5H;/q-1;-5;. The summed E-state index contributed by atoms with van der Waals surface area (Å²) in [4.78, 5) is 0. The number of hydrogen-bond acceptors (Lipinski definition) is 0. The zero-order valence-corrected chi connectivity index (χ0v) is 25.4. The van der Waals surface area contributed by atoms with Gasteiger partial charge in [-0.1, -0.05) is 94.7 Å². The average molecular weight is 502 g/mol. The molecule has 0 nitrogen and oxygen atoms in total. The van der Waals surface area contributed by atoms with Gasteiger partial charge in [-0.25, -0.2) is 6.07 Å². The molecule has 0 spiro atoms. The second kappa shape index (κ2) is 11.5. The predicted molar refractivity (Wildman–Crippen MR) is 145 cm³/mol. The quantitative estimate of drug-likeness (QED) is 0.223. The van der Waals surface area contributed by atoms with Gasteiger partial charge in [0.05, 0.1) is 0 Å². The fourth-order valence-corrected chi connectivity index (χ4v) is 8.43. The van der Waals surface area contributed by atoms with Crippen molar-refractivity contribution in [3.8, 4) is 0 Å². The van der Waals surface area contributed by atoms with Gasteiger partial charge in [-0.05, 0) is 21.9 Å². The van der Waals surface area contributed by atoms with Crippen LogP contribution in [0.4, 0.5) is 0 Å². The monoisotopic (exact) mass is 502 g/mol. The van der Waals surface area contributed by atoms with Crippen LogP contribution in [0.1, 0.15) is 105 Å². The Bertz CT molecular complexity index is 723. The first-order valence-electron chi connectivity index (χ1n) is 11.4. The maximum absolute atomic E-state index is 2.98. The molecular formula is C28H48FeP2-6. The molecule has 0 radical (unpaired) electrons. The maximum Gasteiger partial charge on any atom is 0 e. The van der Waals surface area contributed by atoms with Crippen molar-refractivity contribution in [2.75, 3.05) is 0 Å². The van der Waals surface area contributed by atoms with Gasteiger partial charge in [-0.3, -0.25) is 0 Å². The smallest absolute Gasteiger partial charge is 0 e. The van der Waals surface area contributed by atoms with Crippen LogP contribution in [0.5, 0.6) is 0 Å². The molecule has 1 atom stereocenters. The molecule has 1 unspecified atom stereocenters. The minimum atomic E-state index is -0.136. The van der Waals surface area contributed by atoms with Crippen LogP contribution in [0.15, 0.2) is 36.4 Å². The summed E-state index contributed by atoms with van der Waals surface area (Å²) >= 11 is 0.